The Morgan fingerprint density at radius 1 is 0.527 bits per heavy atom. The summed E-state index contributed by atoms with van der Waals surface area (Å²) in [5, 5.41) is 58.5. The number of benzene rings is 6. The summed E-state index contributed by atoms with van der Waals surface area (Å²) in [5.41, 5.74) is 1.14. The summed E-state index contributed by atoms with van der Waals surface area (Å²) in [6, 6.07) is 22.0. The van der Waals surface area contributed by atoms with Crippen LogP contribution < -0.4 is 0 Å². The van der Waals surface area contributed by atoms with E-state index in [0.717, 1.165) is 12.1 Å². The van der Waals surface area contributed by atoms with E-state index in [1.807, 2.05) is 0 Å². The molecule has 2 N–H and O–H groups in total. The molecule has 0 spiro atoms. The Bertz CT molecular complexity index is 2610. The van der Waals surface area contributed by atoms with Gasteiger partial charge in [-0.1, -0.05) is 48.5 Å². The fourth-order valence-corrected chi connectivity index (χ4v) is 6.68. The van der Waals surface area contributed by atoms with Crippen LogP contribution in [0.25, 0.3) is 21.5 Å². The predicted molar refractivity (Wildman–Crippen MR) is 197 cm³/mol. The molecule has 21 heteroatoms. The molecule has 0 bridgehead atoms. The number of hydrogen-bond acceptors (Lipinski definition) is 16. The second kappa shape index (κ2) is 17.1. The first-order chi connectivity index (χ1) is 25.3. The van der Waals surface area contributed by atoms with E-state index in [4.69, 9.17) is 0 Å². The monoisotopic (exact) mass is 910 g/mol. The van der Waals surface area contributed by atoms with Crippen LogP contribution in [0.4, 0.5) is 34.1 Å². The van der Waals surface area contributed by atoms with Gasteiger partial charge in [0, 0.05) is 57.9 Å². The number of phenols is 2. The Morgan fingerprint density at radius 3 is 1.16 bits per heavy atom. The quantitative estimate of drug-likeness (QED) is 0.0486. The van der Waals surface area contributed by atoms with E-state index < -0.39 is 51.4 Å². The number of aromatic hydroxyl groups is 2. The molecule has 6 aromatic rings. The number of hydrogen-bond donors (Lipinski definition) is 2. The Morgan fingerprint density at radius 2 is 0.855 bits per heavy atom. The molecule has 18 nitrogen and oxygen atoms in total. The van der Waals surface area contributed by atoms with Gasteiger partial charge >= 0.3 is 48.9 Å². The summed E-state index contributed by atoms with van der Waals surface area (Å²) < 4.78 is 68.7. The van der Waals surface area contributed by atoms with E-state index >= 15 is 0 Å². The average molecular weight is 910 g/mol. The van der Waals surface area contributed by atoms with Crippen molar-refractivity contribution in [2.45, 2.75) is 23.6 Å². The van der Waals surface area contributed by atoms with Gasteiger partial charge in [-0.3, -0.25) is 20.2 Å². The summed E-state index contributed by atoms with van der Waals surface area (Å²) in [6.07, 6.45) is 0. The summed E-state index contributed by atoms with van der Waals surface area (Å²) in [7, 11) is -9.63. The molecule has 0 aromatic heterocycles. The van der Waals surface area contributed by atoms with Crippen LogP contribution in [-0.4, -0.2) is 94.9 Å². The molecule has 0 aliphatic heterocycles. The van der Waals surface area contributed by atoms with E-state index in [1.165, 1.54) is 48.5 Å². The van der Waals surface area contributed by atoms with Crippen molar-refractivity contribution >= 4 is 125 Å². The van der Waals surface area contributed by atoms with Crippen LogP contribution in [0.15, 0.2) is 127 Å². The number of nitro groups is 2. The number of non-ortho nitro benzene ring substituents is 2. The third-order valence-corrected chi connectivity index (χ3v) is 9.25. The van der Waals surface area contributed by atoms with E-state index in [0.29, 0.717) is 11.1 Å². The minimum Gasteiger partial charge on any atom is -0.744 e. The molecule has 0 saturated heterocycles. The zero-order chi connectivity index (χ0) is 39.5. The Balaban J connectivity index is 0.000000240. The number of aryl methyl sites for hydroxylation is 2. The van der Waals surface area contributed by atoms with Crippen LogP contribution in [0.2, 0.25) is 0 Å². The number of rotatable bonds is 8. The fraction of sp³-hybridized carbons (Fsp3) is 0.0588. The van der Waals surface area contributed by atoms with Crippen molar-refractivity contribution in [2.24, 2.45) is 20.5 Å². The molecule has 6 aromatic carbocycles. The maximum Gasteiger partial charge on any atom is 2.00 e. The first-order valence-corrected chi connectivity index (χ1v) is 17.9. The fourth-order valence-electron chi connectivity index (χ4n) is 5.28. The van der Waals surface area contributed by atoms with E-state index in [-0.39, 0.29) is 105 Å². The molecule has 0 aliphatic rings. The summed E-state index contributed by atoms with van der Waals surface area (Å²) >= 11 is 0. The van der Waals surface area contributed by atoms with Crippen molar-refractivity contribution < 1.29 is 46.0 Å². The third kappa shape index (κ3) is 10.1. The smallest absolute Gasteiger partial charge is 0.744 e. The summed E-state index contributed by atoms with van der Waals surface area (Å²) in [6.45, 7) is 3.32. The standard InChI is InChI=1S/2C17H13N3O6S.Ba/c2*1-10-6-11(8-12(7-10)20(22)23)18-19-17-14-5-3-2-4-13(14)16(9-15(17)21)27(24,25)26;/h2*2-9,21H,1H3,(H,24,25,26);/q;;+2/p-2. The van der Waals surface area contributed by atoms with Crippen LogP contribution in [0, 0.1) is 34.1 Å². The molecule has 0 fully saturated rings. The van der Waals surface area contributed by atoms with Gasteiger partial charge in [0.1, 0.15) is 43.1 Å². The summed E-state index contributed by atoms with van der Waals surface area (Å²) in [4.78, 5) is 19.6. The first kappa shape index (κ1) is 42.6. The van der Waals surface area contributed by atoms with Gasteiger partial charge in [-0.25, -0.2) is 16.8 Å². The van der Waals surface area contributed by atoms with Crippen LogP contribution in [0.3, 0.4) is 0 Å². The predicted octanol–water partition coefficient (Wildman–Crippen LogP) is 7.78. The molecule has 0 amide bonds. The van der Waals surface area contributed by atoms with Crippen LogP contribution >= 0.6 is 0 Å². The zero-order valence-electron chi connectivity index (χ0n) is 28.4. The number of azo groups is 2. The third-order valence-electron chi connectivity index (χ3n) is 7.50. The minimum atomic E-state index is -4.81. The molecule has 276 valence electrons. The van der Waals surface area contributed by atoms with Gasteiger partial charge in [0.25, 0.3) is 11.4 Å². The van der Waals surface area contributed by atoms with Gasteiger partial charge in [-0.15, -0.1) is 10.2 Å². The number of fused-ring (bicyclic) bond motifs is 2. The van der Waals surface area contributed by atoms with Gasteiger partial charge in [-0.05, 0) is 37.1 Å². The van der Waals surface area contributed by atoms with E-state index in [2.05, 4.69) is 20.5 Å². The SMILES string of the molecule is Cc1cc(N=Nc2c(O)cc(S(=O)(=O)[O-])c3ccccc23)cc([N+](=O)[O-])c1.Cc1cc(N=Nc2c(O)cc(S(=O)(=O)[O-])c3ccccc23)cc([N+](=O)[O-])c1.[Ba+2]. The molecule has 0 radical (unpaired) electrons. The number of nitro benzene ring substituents is 2. The molecule has 0 unspecified atom stereocenters. The van der Waals surface area contributed by atoms with Crippen molar-refractivity contribution in [1.82, 2.24) is 0 Å². The van der Waals surface area contributed by atoms with Crippen LogP contribution in [-0.2, 0) is 20.2 Å². The largest absolute Gasteiger partial charge is 2.00 e. The van der Waals surface area contributed by atoms with Crippen LogP contribution in [0.1, 0.15) is 11.1 Å². The number of phenolic OH excluding ortho intramolecular Hbond substituents is 2. The minimum absolute atomic E-state index is 0. The van der Waals surface area contributed by atoms with Crippen molar-refractivity contribution in [1.29, 1.82) is 0 Å². The van der Waals surface area contributed by atoms with Crippen molar-refractivity contribution in [2.75, 3.05) is 0 Å². The molecule has 0 saturated carbocycles. The van der Waals surface area contributed by atoms with E-state index in [9.17, 15) is 56.4 Å². The second-order valence-corrected chi connectivity index (χ2v) is 14.1. The van der Waals surface area contributed by atoms with Gasteiger partial charge < -0.3 is 19.3 Å². The van der Waals surface area contributed by atoms with Crippen LogP contribution in [0.5, 0.6) is 11.5 Å². The van der Waals surface area contributed by atoms with Gasteiger partial charge in [-0.2, -0.15) is 10.2 Å². The Hall–Kier alpha value is -5.17. The Kier molecular flexibility index (Phi) is 13.2. The topological polar surface area (TPSA) is 291 Å². The molecule has 55 heavy (non-hydrogen) atoms. The average Bonchev–Trinajstić information content (AvgIpc) is 3.09. The normalized spacial score (nSPS) is 11.7. The zero-order valence-corrected chi connectivity index (χ0v) is 34.5. The second-order valence-electron chi connectivity index (χ2n) is 11.5. The van der Waals surface area contributed by atoms with Gasteiger partial charge in [0.2, 0.25) is 0 Å². The van der Waals surface area contributed by atoms with Gasteiger partial charge in [0.05, 0.1) is 31.0 Å². The van der Waals surface area contributed by atoms with Crippen molar-refractivity contribution in [3.05, 3.63) is 128 Å². The Labute approximate surface area is 351 Å². The number of nitrogens with zero attached hydrogens (tertiary/aromatic N) is 6. The molecule has 0 atom stereocenters. The van der Waals surface area contributed by atoms with Crippen molar-refractivity contribution in [3.63, 3.8) is 0 Å². The maximum atomic E-state index is 11.4. The van der Waals surface area contributed by atoms with Crippen molar-refractivity contribution in [3.8, 4) is 11.5 Å². The molecule has 0 aliphatic carbocycles. The maximum absolute atomic E-state index is 11.4. The summed E-state index contributed by atoms with van der Waals surface area (Å²) in [5.74, 6) is -1.09. The van der Waals surface area contributed by atoms with E-state index in [1.54, 1.807) is 50.2 Å². The first-order valence-electron chi connectivity index (χ1n) is 15.1. The van der Waals surface area contributed by atoms with Gasteiger partial charge in [0.15, 0.2) is 0 Å². The molecule has 0 heterocycles. The molecular formula is C34H24BaN6O12S2. The molecular weight excluding hydrogens is 886 g/mol. The molecule has 6 rings (SSSR count).